The fraction of sp³-hybridized carbons (Fsp3) is 0.286. The average Bonchev–Trinajstić information content (AvgIpc) is 2.71. The summed E-state index contributed by atoms with van der Waals surface area (Å²) in [5.74, 6) is -0.391. The Morgan fingerprint density at radius 3 is 2.76 bits per heavy atom. The van der Waals surface area contributed by atoms with Crippen molar-refractivity contribution in [1.29, 1.82) is 0 Å². The smallest absolute Gasteiger partial charge is 0.339 e. The first-order valence-electron chi connectivity index (χ1n) is 9.23. The molecule has 0 bridgehead atoms. The van der Waals surface area contributed by atoms with Crippen LogP contribution in [0.1, 0.15) is 35.2 Å². The summed E-state index contributed by atoms with van der Waals surface area (Å²) in [6, 6.07) is 9.91. The van der Waals surface area contributed by atoms with Gasteiger partial charge >= 0.3 is 5.97 Å². The van der Waals surface area contributed by atoms with Crippen LogP contribution in [0.3, 0.4) is 0 Å². The minimum atomic E-state index is -1.10. The van der Waals surface area contributed by atoms with Gasteiger partial charge in [-0.05, 0) is 48.7 Å². The normalized spacial score (nSPS) is 12.5. The molecule has 0 saturated heterocycles. The Labute approximate surface area is 167 Å². The predicted molar refractivity (Wildman–Crippen MR) is 107 cm³/mol. The molecular formula is C21H22N2O6. The summed E-state index contributed by atoms with van der Waals surface area (Å²) in [7, 11) is 1.37. The number of methoxy groups -OCH3 is 1. The maximum absolute atomic E-state index is 12.1. The van der Waals surface area contributed by atoms with Gasteiger partial charge in [-0.3, -0.25) is 9.59 Å². The third-order valence-corrected chi connectivity index (χ3v) is 4.50. The third-order valence-electron chi connectivity index (χ3n) is 4.50. The molecule has 0 unspecified atom stereocenters. The van der Waals surface area contributed by atoms with Crippen LogP contribution in [0.2, 0.25) is 0 Å². The average molecular weight is 398 g/mol. The Morgan fingerprint density at radius 1 is 1.17 bits per heavy atom. The zero-order valence-electron chi connectivity index (χ0n) is 16.0. The molecule has 0 atom stereocenters. The standard InChI is InChI=1S/C21H22N2O6/c1-28-18-12-14(5-7-16(18)21(26)27)22-19(24)3-2-10-29-15-6-8-17-13(11-15)4-9-20(25)23-17/h5-8,11-12H,2-4,9-10H2,1H3,(H,22,24)(H,23,25)(H,26,27). The lowest BCUT2D eigenvalue weighted by molar-refractivity contribution is -0.117. The number of amides is 2. The van der Waals surface area contributed by atoms with E-state index in [1.54, 1.807) is 6.07 Å². The first kappa shape index (κ1) is 20.2. The van der Waals surface area contributed by atoms with E-state index in [1.807, 2.05) is 12.1 Å². The van der Waals surface area contributed by atoms with Crippen LogP contribution in [0.15, 0.2) is 36.4 Å². The molecule has 1 heterocycles. The summed E-state index contributed by atoms with van der Waals surface area (Å²) in [5.41, 5.74) is 2.36. The number of rotatable bonds is 8. The number of ether oxygens (including phenoxy) is 2. The second-order valence-corrected chi connectivity index (χ2v) is 6.59. The van der Waals surface area contributed by atoms with Crippen LogP contribution in [-0.2, 0) is 16.0 Å². The van der Waals surface area contributed by atoms with Gasteiger partial charge in [-0.25, -0.2) is 4.79 Å². The van der Waals surface area contributed by atoms with Crippen molar-refractivity contribution < 1.29 is 29.0 Å². The van der Waals surface area contributed by atoms with Gasteiger partial charge in [0.15, 0.2) is 0 Å². The number of carboxylic acids is 1. The first-order valence-corrected chi connectivity index (χ1v) is 9.23. The van der Waals surface area contributed by atoms with E-state index in [4.69, 9.17) is 14.6 Å². The van der Waals surface area contributed by atoms with Crippen molar-refractivity contribution in [2.45, 2.75) is 25.7 Å². The van der Waals surface area contributed by atoms with Gasteiger partial charge in [0.1, 0.15) is 17.1 Å². The van der Waals surface area contributed by atoms with E-state index >= 15 is 0 Å². The van der Waals surface area contributed by atoms with Crippen molar-refractivity contribution in [2.24, 2.45) is 0 Å². The number of hydrogen-bond donors (Lipinski definition) is 3. The maximum atomic E-state index is 12.1. The minimum Gasteiger partial charge on any atom is -0.496 e. The number of carboxylic acid groups (broad SMARTS) is 1. The van der Waals surface area contributed by atoms with Gasteiger partial charge < -0.3 is 25.2 Å². The monoisotopic (exact) mass is 398 g/mol. The molecule has 0 fully saturated rings. The van der Waals surface area contributed by atoms with Crippen LogP contribution in [0, 0.1) is 0 Å². The molecule has 2 aromatic rings. The van der Waals surface area contributed by atoms with Gasteiger partial charge in [-0.2, -0.15) is 0 Å². The Bertz CT molecular complexity index is 941. The molecule has 0 radical (unpaired) electrons. The van der Waals surface area contributed by atoms with E-state index in [0.717, 1.165) is 11.3 Å². The van der Waals surface area contributed by atoms with Crippen LogP contribution >= 0.6 is 0 Å². The Kier molecular flexibility index (Phi) is 6.33. The Morgan fingerprint density at radius 2 is 2.00 bits per heavy atom. The van der Waals surface area contributed by atoms with E-state index < -0.39 is 5.97 Å². The molecule has 152 valence electrons. The SMILES string of the molecule is COc1cc(NC(=O)CCCOc2ccc3c(c2)CCC(=O)N3)ccc1C(=O)O. The fourth-order valence-electron chi connectivity index (χ4n) is 3.04. The number of aromatic carboxylic acids is 1. The number of aryl methyl sites for hydroxylation is 1. The summed E-state index contributed by atoms with van der Waals surface area (Å²) < 4.78 is 10.7. The van der Waals surface area contributed by atoms with E-state index in [1.165, 1.54) is 25.3 Å². The Hall–Kier alpha value is -3.55. The fourth-order valence-corrected chi connectivity index (χ4v) is 3.04. The van der Waals surface area contributed by atoms with Crippen LogP contribution in [0.4, 0.5) is 11.4 Å². The lowest BCUT2D eigenvalue weighted by Crippen LogP contribution is -2.18. The number of benzene rings is 2. The predicted octanol–water partition coefficient (Wildman–Crippen LogP) is 3.08. The van der Waals surface area contributed by atoms with E-state index in [2.05, 4.69) is 10.6 Å². The van der Waals surface area contributed by atoms with Gasteiger partial charge in [0.25, 0.3) is 0 Å². The molecule has 3 N–H and O–H groups in total. The second-order valence-electron chi connectivity index (χ2n) is 6.59. The topological polar surface area (TPSA) is 114 Å². The molecule has 2 amide bonds. The molecule has 1 aliphatic heterocycles. The summed E-state index contributed by atoms with van der Waals surface area (Å²) in [5, 5.41) is 14.6. The molecule has 0 saturated carbocycles. The number of nitrogens with one attached hydrogen (secondary N) is 2. The number of anilines is 2. The largest absolute Gasteiger partial charge is 0.496 e. The summed E-state index contributed by atoms with van der Waals surface area (Å²) in [4.78, 5) is 34.6. The van der Waals surface area contributed by atoms with Crippen molar-refractivity contribution in [3.05, 3.63) is 47.5 Å². The lowest BCUT2D eigenvalue weighted by atomic mass is 10.0. The number of carbonyl (C=O) groups is 3. The molecule has 0 aliphatic carbocycles. The van der Waals surface area contributed by atoms with Gasteiger partial charge in [-0.1, -0.05) is 0 Å². The Balaban J connectivity index is 1.46. The summed E-state index contributed by atoms with van der Waals surface area (Å²) >= 11 is 0. The van der Waals surface area contributed by atoms with Crippen molar-refractivity contribution in [1.82, 2.24) is 0 Å². The maximum Gasteiger partial charge on any atom is 0.339 e. The molecule has 0 aromatic heterocycles. The highest BCUT2D eigenvalue weighted by atomic mass is 16.5. The molecule has 3 rings (SSSR count). The molecular weight excluding hydrogens is 376 g/mol. The second kappa shape index (κ2) is 9.09. The highest BCUT2D eigenvalue weighted by Gasteiger charge is 2.15. The lowest BCUT2D eigenvalue weighted by Gasteiger charge is -2.17. The quantitative estimate of drug-likeness (QED) is 0.589. The van der Waals surface area contributed by atoms with Gasteiger partial charge in [-0.15, -0.1) is 0 Å². The van der Waals surface area contributed by atoms with E-state index in [9.17, 15) is 14.4 Å². The summed E-state index contributed by atoms with van der Waals surface area (Å²) in [6.07, 6.45) is 1.92. The van der Waals surface area contributed by atoms with E-state index in [-0.39, 0.29) is 29.5 Å². The van der Waals surface area contributed by atoms with Gasteiger partial charge in [0.2, 0.25) is 11.8 Å². The van der Waals surface area contributed by atoms with Gasteiger partial charge in [0.05, 0.1) is 13.7 Å². The molecule has 8 heteroatoms. The first-order chi connectivity index (χ1) is 14.0. The van der Waals surface area contributed by atoms with Crippen LogP contribution in [-0.4, -0.2) is 36.6 Å². The van der Waals surface area contributed by atoms with Crippen molar-refractivity contribution in [2.75, 3.05) is 24.4 Å². The molecule has 8 nitrogen and oxygen atoms in total. The van der Waals surface area contributed by atoms with Crippen LogP contribution < -0.4 is 20.1 Å². The van der Waals surface area contributed by atoms with Crippen molar-refractivity contribution in [3.8, 4) is 11.5 Å². The molecule has 0 spiro atoms. The number of fused-ring (bicyclic) bond motifs is 1. The molecule has 29 heavy (non-hydrogen) atoms. The van der Waals surface area contributed by atoms with Crippen molar-refractivity contribution in [3.63, 3.8) is 0 Å². The van der Waals surface area contributed by atoms with Crippen LogP contribution in [0.5, 0.6) is 11.5 Å². The highest BCUT2D eigenvalue weighted by Crippen LogP contribution is 2.27. The summed E-state index contributed by atoms with van der Waals surface area (Å²) in [6.45, 7) is 0.375. The molecule has 2 aromatic carbocycles. The number of carbonyl (C=O) groups excluding carboxylic acids is 2. The van der Waals surface area contributed by atoms with E-state index in [0.29, 0.717) is 37.3 Å². The highest BCUT2D eigenvalue weighted by molar-refractivity contribution is 5.95. The third kappa shape index (κ3) is 5.25. The van der Waals surface area contributed by atoms with Gasteiger partial charge in [0, 0.05) is 30.3 Å². The molecule has 1 aliphatic rings. The van der Waals surface area contributed by atoms with Crippen LogP contribution in [0.25, 0.3) is 0 Å². The number of hydrogen-bond acceptors (Lipinski definition) is 5. The minimum absolute atomic E-state index is 0.0207. The zero-order valence-corrected chi connectivity index (χ0v) is 16.0. The van der Waals surface area contributed by atoms with Crippen molar-refractivity contribution >= 4 is 29.2 Å². The zero-order chi connectivity index (χ0) is 20.8.